The van der Waals surface area contributed by atoms with Gasteiger partial charge in [-0.15, -0.1) is 10.2 Å². The van der Waals surface area contributed by atoms with Crippen LogP contribution in [0.1, 0.15) is 36.2 Å². The molecule has 0 amide bonds. The number of aryl methyl sites for hydroxylation is 1. The maximum atomic E-state index is 13.5. The third kappa shape index (κ3) is 3.78. The molecule has 1 aliphatic rings. The van der Waals surface area contributed by atoms with Gasteiger partial charge in [0.05, 0.1) is 0 Å². The van der Waals surface area contributed by atoms with Gasteiger partial charge in [-0.25, -0.2) is 4.39 Å². The normalized spacial score (nSPS) is 15.4. The highest BCUT2D eigenvalue weighted by Gasteiger charge is 2.31. The number of rotatable bonds is 6. The molecule has 0 radical (unpaired) electrons. The quantitative estimate of drug-likeness (QED) is 0.665. The fraction of sp³-hybridized carbons (Fsp3) is 0.318. The zero-order valence-electron chi connectivity index (χ0n) is 16.7. The van der Waals surface area contributed by atoms with E-state index in [1.54, 1.807) is 6.07 Å². The minimum Gasteiger partial charge on any atom is -0.364 e. The Hall–Kier alpha value is -3.06. The van der Waals surface area contributed by atoms with Crippen LogP contribution in [0.25, 0.3) is 0 Å². The second-order valence-corrected chi connectivity index (χ2v) is 7.29. The van der Waals surface area contributed by atoms with Crippen LogP contribution < -0.4 is 16.0 Å². The van der Waals surface area contributed by atoms with Crippen LogP contribution in [0.2, 0.25) is 0 Å². The number of benzene rings is 2. The summed E-state index contributed by atoms with van der Waals surface area (Å²) < 4.78 is 13.5. The Labute approximate surface area is 170 Å². The molecule has 0 saturated heterocycles. The molecule has 0 aliphatic carbocycles. The molecule has 0 spiro atoms. The van der Waals surface area contributed by atoms with Crippen molar-refractivity contribution in [2.75, 3.05) is 10.2 Å². The highest BCUT2D eigenvalue weighted by atomic mass is 19.1. The van der Waals surface area contributed by atoms with E-state index in [-0.39, 0.29) is 11.9 Å². The number of hydrogen-bond donors (Lipinski definition) is 2. The molecule has 4 rings (SSSR count). The van der Waals surface area contributed by atoms with Gasteiger partial charge in [0.2, 0.25) is 0 Å². The van der Waals surface area contributed by atoms with E-state index in [0.29, 0.717) is 31.3 Å². The molecule has 0 fully saturated rings. The van der Waals surface area contributed by atoms with Gasteiger partial charge in [0.1, 0.15) is 11.5 Å². The first-order valence-corrected chi connectivity index (χ1v) is 9.92. The minimum absolute atomic E-state index is 0.211. The van der Waals surface area contributed by atoms with E-state index in [9.17, 15) is 4.39 Å². The van der Waals surface area contributed by atoms with Crippen LogP contribution >= 0.6 is 0 Å². The zero-order valence-corrected chi connectivity index (χ0v) is 16.7. The first-order chi connectivity index (χ1) is 14.1. The van der Waals surface area contributed by atoms with Crippen molar-refractivity contribution in [3.8, 4) is 0 Å². The number of aromatic nitrogens is 3. The van der Waals surface area contributed by atoms with Crippen LogP contribution in [0.5, 0.6) is 0 Å². The Kier molecular flexibility index (Phi) is 5.40. The summed E-state index contributed by atoms with van der Waals surface area (Å²) in [5.41, 5.74) is 11.0. The van der Waals surface area contributed by atoms with Crippen molar-refractivity contribution in [3.63, 3.8) is 0 Å². The van der Waals surface area contributed by atoms with Crippen molar-refractivity contribution in [2.24, 2.45) is 5.73 Å². The molecule has 1 atom stereocenters. The lowest BCUT2D eigenvalue weighted by molar-refractivity contribution is 0.626. The summed E-state index contributed by atoms with van der Waals surface area (Å²) in [7, 11) is 0. The van der Waals surface area contributed by atoms with Crippen molar-refractivity contribution >= 4 is 17.5 Å². The van der Waals surface area contributed by atoms with Crippen molar-refractivity contribution < 1.29 is 4.39 Å². The Morgan fingerprint density at radius 2 is 2.03 bits per heavy atom. The molecule has 1 aromatic heterocycles. The van der Waals surface area contributed by atoms with Crippen molar-refractivity contribution in [2.45, 2.75) is 45.8 Å². The van der Waals surface area contributed by atoms with Crippen LogP contribution in [0.15, 0.2) is 42.5 Å². The van der Waals surface area contributed by atoms with Gasteiger partial charge in [0, 0.05) is 24.8 Å². The Morgan fingerprint density at radius 3 is 2.79 bits per heavy atom. The first-order valence-electron chi connectivity index (χ1n) is 9.92. The highest BCUT2D eigenvalue weighted by Crippen LogP contribution is 2.38. The smallest absolute Gasteiger partial charge is 0.252 e. The molecule has 3 aromatic rings. The van der Waals surface area contributed by atoms with Gasteiger partial charge in [-0.05, 0) is 54.7 Å². The second-order valence-electron chi connectivity index (χ2n) is 7.29. The van der Waals surface area contributed by atoms with E-state index in [2.05, 4.69) is 39.5 Å². The van der Waals surface area contributed by atoms with E-state index in [4.69, 9.17) is 10.7 Å². The fourth-order valence-electron chi connectivity index (χ4n) is 3.86. The van der Waals surface area contributed by atoms with Gasteiger partial charge in [0.15, 0.2) is 5.82 Å². The minimum atomic E-state index is -0.250. The molecule has 150 valence electrons. The molecular weight excluding hydrogens is 367 g/mol. The molecule has 2 heterocycles. The average Bonchev–Trinajstić information content (AvgIpc) is 3.08. The topological polar surface area (TPSA) is 80.0 Å². The summed E-state index contributed by atoms with van der Waals surface area (Å²) in [6, 6.07) is 12.9. The van der Waals surface area contributed by atoms with E-state index < -0.39 is 0 Å². The summed E-state index contributed by atoms with van der Waals surface area (Å²) in [6.07, 6.45) is 1.60. The lowest BCUT2D eigenvalue weighted by Crippen LogP contribution is -2.27. The van der Waals surface area contributed by atoms with E-state index >= 15 is 0 Å². The molecule has 29 heavy (non-hydrogen) atoms. The van der Waals surface area contributed by atoms with Crippen molar-refractivity contribution in [3.05, 3.63) is 70.7 Å². The largest absolute Gasteiger partial charge is 0.364 e. The summed E-state index contributed by atoms with van der Waals surface area (Å²) >= 11 is 0. The second kappa shape index (κ2) is 8.13. The predicted octanol–water partition coefficient (Wildman–Crippen LogP) is 3.73. The Balaban J connectivity index is 1.65. The Morgan fingerprint density at radius 1 is 1.21 bits per heavy atom. The van der Waals surface area contributed by atoms with E-state index in [1.807, 2.05) is 19.1 Å². The zero-order chi connectivity index (χ0) is 20.4. The predicted molar refractivity (Wildman–Crippen MR) is 113 cm³/mol. The van der Waals surface area contributed by atoms with Gasteiger partial charge >= 0.3 is 0 Å². The van der Waals surface area contributed by atoms with Gasteiger partial charge in [-0.3, -0.25) is 0 Å². The number of fused-ring (bicyclic) bond motifs is 1. The SMILES string of the molecule is CCc1nnc(N2c3cccc(CN)c3CC2C)nc1NCc1cccc(F)c1. The molecule has 2 aromatic carbocycles. The number of halogens is 1. The number of hydrogen-bond acceptors (Lipinski definition) is 6. The van der Waals surface area contributed by atoms with Crippen LogP contribution in [-0.2, 0) is 25.9 Å². The number of nitrogens with one attached hydrogen (secondary N) is 1. The summed E-state index contributed by atoms with van der Waals surface area (Å²) in [6.45, 7) is 5.14. The first kappa shape index (κ1) is 19.3. The highest BCUT2D eigenvalue weighted by molar-refractivity contribution is 5.69. The maximum absolute atomic E-state index is 13.5. The lowest BCUT2D eigenvalue weighted by atomic mass is 10.0. The van der Waals surface area contributed by atoms with Crippen LogP contribution in [-0.4, -0.2) is 21.2 Å². The summed E-state index contributed by atoms with van der Waals surface area (Å²) in [5.74, 6) is 0.987. The summed E-state index contributed by atoms with van der Waals surface area (Å²) in [5, 5.41) is 12.1. The molecule has 3 N–H and O–H groups in total. The average molecular weight is 392 g/mol. The number of nitrogens with two attached hydrogens (primary N) is 1. The molecule has 1 aliphatic heterocycles. The van der Waals surface area contributed by atoms with Crippen molar-refractivity contribution in [1.29, 1.82) is 0 Å². The summed E-state index contributed by atoms with van der Waals surface area (Å²) in [4.78, 5) is 6.90. The Bertz CT molecular complexity index is 1020. The van der Waals surface area contributed by atoms with Gasteiger partial charge in [-0.2, -0.15) is 4.98 Å². The molecule has 0 saturated carbocycles. The van der Waals surface area contributed by atoms with E-state index in [1.165, 1.54) is 17.7 Å². The third-order valence-corrected chi connectivity index (χ3v) is 5.31. The molecule has 0 bridgehead atoms. The molecule has 7 heteroatoms. The standard InChI is InChI=1S/C22H25FN6/c1-3-19-21(25-13-15-6-4-8-17(23)11-15)26-22(28-27-19)29-14(2)10-18-16(12-24)7-5-9-20(18)29/h4-9,11,14H,3,10,12-13,24H2,1-2H3,(H,25,26,28). The van der Waals surface area contributed by atoms with Crippen LogP contribution in [0.4, 0.5) is 21.8 Å². The van der Waals surface area contributed by atoms with Crippen LogP contribution in [0, 0.1) is 5.82 Å². The number of anilines is 3. The lowest BCUT2D eigenvalue weighted by Gasteiger charge is -2.23. The van der Waals surface area contributed by atoms with Crippen molar-refractivity contribution in [1.82, 2.24) is 15.2 Å². The van der Waals surface area contributed by atoms with Gasteiger partial charge in [0.25, 0.3) is 5.95 Å². The van der Waals surface area contributed by atoms with Gasteiger partial charge in [-0.1, -0.05) is 31.2 Å². The third-order valence-electron chi connectivity index (χ3n) is 5.31. The molecule has 1 unspecified atom stereocenters. The van der Waals surface area contributed by atoms with E-state index in [0.717, 1.165) is 28.9 Å². The number of nitrogens with zero attached hydrogens (tertiary/aromatic N) is 4. The molecule has 6 nitrogen and oxygen atoms in total. The molecular formula is C22H25FN6. The monoisotopic (exact) mass is 392 g/mol. The fourth-order valence-corrected chi connectivity index (χ4v) is 3.86. The van der Waals surface area contributed by atoms with Gasteiger partial charge < -0.3 is 16.0 Å². The maximum Gasteiger partial charge on any atom is 0.252 e. The van der Waals surface area contributed by atoms with Crippen LogP contribution in [0.3, 0.4) is 0 Å².